The summed E-state index contributed by atoms with van der Waals surface area (Å²) in [5.41, 5.74) is 7.13. The van der Waals surface area contributed by atoms with Crippen LogP contribution in [0.3, 0.4) is 0 Å². The molecule has 0 unspecified atom stereocenters. The topological polar surface area (TPSA) is 51.8 Å². The molecule has 0 aliphatic rings. The van der Waals surface area contributed by atoms with Crippen molar-refractivity contribution >= 4 is 29.0 Å². The average Bonchev–Trinajstić information content (AvgIpc) is 2.20. The molecule has 0 radical (unpaired) electrons. The first-order chi connectivity index (χ1) is 7.58. The van der Waals surface area contributed by atoms with Crippen molar-refractivity contribution in [1.82, 2.24) is 9.97 Å². The molecule has 0 atom stereocenters. The van der Waals surface area contributed by atoms with Crippen LogP contribution in [-0.4, -0.2) is 9.97 Å². The van der Waals surface area contributed by atoms with Gasteiger partial charge in [-0.1, -0.05) is 29.3 Å². The van der Waals surface area contributed by atoms with E-state index in [-0.39, 0.29) is 0 Å². The van der Waals surface area contributed by atoms with Crippen LogP contribution in [-0.2, 0) is 0 Å². The first-order valence-electron chi connectivity index (χ1n) is 4.63. The number of anilines is 1. The molecule has 1 heterocycles. The summed E-state index contributed by atoms with van der Waals surface area (Å²) < 4.78 is 0. The second-order valence-corrected chi connectivity index (χ2v) is 4.14. The van der Waals surface area contributed by atoms with Gasteiger partial charge < -0.3 is 5.73 Å². The lowest BCUT2D eigenvalue weighted by Gasteiger charge is -2.06. The van der Waals surface area contributed by atoms with Crippen molar-refractivity contribution in [3.05, 3.63) is 40.0 Å². The number of hydrogen-bond acceptors (Lipinski definition) is 3. The third-order valence-electron chi connectivity index (χ3n) is 2.07. The molecule has 5 heteroatoms. The molecule has 0 saturated heterocycles. The highest BCUT2D eigenvalue weighted by atomic mass is 35.5. The van der Waals surface area contributed by atoms with Crippen molar-refractivity contribution in [2.45, 2.75) is 6.92 Å². The molecule has 0 aliphatic heterocycles. The predicted molar refractivity (Wildman–Crippen MR) is 66.6 cm³/mol. The van der Waals surface area contributed by atoms with Gasteiger partial charge in [0.1, 0.15) is 5.82 Å². The lowest BCUT2D eigenvalue weighted by molar-refractivity contribution is 1.12. The highest BCUT2D eigenvalue weighted by Gasteiger charge is 2.10. The molecule has 2 rings (SSSR count). The normalized spacial score (nSPS) is 10.4. The summed E-state index contributed by atoms with van der Waals surface area (Å²) in [6.45, 7) is 1.85. The standard InChI is InChI=1S/C11H9Cl2N3/c1-6-5-9(14)16-11(15-6)7-3-2-4-8(12)10(7)13/h2-5H,1H3,(H2,14,15,16). The van der Waals surface area contributed by atoms with E-state index in [4.69, 9.17) is 28.9 Å². The second kappa shape index (κ2) is 4.28. The number of rotatable bonds is 1. The van der Waals surface area contributed by atoms with E-state index in [9.17, 15) is 0 Å². The molecule has 0 amide bonds. The quantitative estimate of drug-likeness (QED) is 0.849. The average molecular weight is 254 g/mol. The molecule has 0 aliphatic carbocycles. The third kappa shape index (κ3) is 2.10. The van der Waals surface area contributed by atoms with Gasteiger partial charge in [-0.25, -0.2) is 9.97 Å². The first-order valence-corrected chi connectivity index (χ1v) is 5.39. The summed E-state index contributed by atoms with van der Waals surface area (Å²) in [4.78, 5) is 8.40. The van der Waals surface area contributed by atoms with Gasteiger partial charge in [0, 0.05) is 17.3 Å². The van der Waals surface area contributed by atoms with E-state index in [1.165, 1.54) is 0 Å². The minimum absolute atomic E-state index is 0.415. The van der Waals surface area contributed by atoms with Crippen molar-refractivity contribution < 1.29 is 0 Å². The van der Waals surface area contributed by atoms with Crippen LogP contribution in [0.25, 0.3) is 11.4 Å². The summed E-state index contributed by atoms with van der Waals surface area (Å²) in [7, 11) is 0. The van der Waals surface area contributed by atoms with Crippen LogP contribution in [0.5, 0.6) is 0 Å². The fourth-order valence-electron chi connectivity index (χ4n) is 1.39. The Kier molecular flexibility index (Phi) is 2.99. The molecule has 82 valence electrons. The van der Waals surface area contributed by atoms with Gasteiger partial charge in [0.25, 0.3) is 0 Å². The lowest BCUT2D eigenvalue weighted by atomic mass is 10.2. The SMILES string of the molecule is Cc1cc(N)nc(-c2cccc(Cl)c2Cl)n1. The number of nitrogen functional groups attached to an aromatic ring is 1. The van der Waals surface area contributed by atoms with Gasteiger partial charge in [-0.3, -0.25) is 0 Å². The zero-order valence-corrected chi connectivity index (χ0v) is 10.0. The summed E-state index contributed by atoms with van der Waals surface area (Å²) >= 11 is 12.0. The van der Waals surface area contributed by atoms with E-state index in [1.807, 2.05) is 13.0 Å². The van der Waals surface area contributed by atoms with Gasteiger partial charge in [0.05, 0.1) is 10.0 Å². The fraction of sp³-hybridized carbons (Fsp3) is 0.0909. The van der Waals surface area contributed by atoms with E-state index in [0.717, 1.165) is 5.69 Å². The van der Waals surface area contributed by atoms with Crippen molar-refractivity contribution in [1.29, 1.82) is 0 Å². The molecular formula is C11H9Cl2N3. The van der Waals surface area contributed by atoms with Crippen LogP contribution >= 0.6 is 23.2 Å². The highest BCUT2D eigenvalue weighted by molar-refractivity contribution is 6.43. The molecule has 2 N–H and O–H groups in total. The van der Waals surface area contributed by atoms with Crippen LogP contribution in [0, 0.1) is 6.92 Å². The van der Waals surface area contributed by atoms with Crippen LogP contribution in [0.4, 0.5) is 5.82 Å². The van der Waals surface area contributed by atoms with Gasteiger partial charge in [0.15, 0.2) is 5.82 Å². The number of hydrogen-bond donors (Lipinski definition) is 1. The van der Waals surface area contributed by atoms with E-state index >= 15 is 0 Å². The van der Waals surface area contributed by atoms with E-state index in [0.29, 0.717) is 27.3 Å². The van der Waals surface area contributed by atoms with Gasteiger partial charge in [0.2, 0.25) is 0 Å². The largest absolute Gasteiger partial charge is 0.384 e. The zero-order valence-electron chi connectivity index (χ0n) is 8.54. The van der Waals surface area contributed by atoms with Gasteiger partial charge in [-0.15, -0.1) is 0 Å². The molecular weight excluding hydrogens is 245 g/mol. The Hall–Kier alpha value is -1.32. The van der Waals surface area contributed by atoms with Crippen LogP contribution in [0.15, 0.2) is 24.3 Å². The number of nitrogens with zero attached hydrogens (tertiary/aromatic N) is 2. The predicted octanol–water partition coefficient (Wildman–Crippen LogP) is 3.34. The maximum absolute atomic E-state index is 6.08. The van der Waals surface area contributed by atoms with Crippen LogP contribution in [0.1, 0.15) is 5.69 Å². The maximum atomic E-state index is 6.08. The number of aryl methyl sites for hydroxylation is 1. The minimum Gasteiger partial charge on any atom is -0.384 e. The Bertz CT molecular complexity index is 520. The summed E-state index contributed by atoms with van der Waals surface area (Å²) in [6, 6.07) is 7.02. The molecule has 0 saturated carbocycles. The maximum Gasteiger partial charge on any atom is 0.163 e. The van der Waals surface area contributed by atoms with Crippen molar-refractivity contribution in [3.8, 4) is 11.4 Å². The first kappa shape index (κ1) is 11.2. The van der Waals surface area contributed by atoms with E-state index in [1.54, 1.807) is 18.2 Å². The van der Waals surface area contributed by atoms with Crippen LogP contribution in [0.2, 0.25) is 10.0 Å². The van der Waals surface area contributed by atoms with E-state index in [2.05, 4.69) is 9.97 Å². The highest BCUT2D eigenvalue weighted by Crippen LogP contribution is 2.31. The third-order valence-corrected chi connectivity index (χ3v) is 2.89. The monoisotopic (exact) mass is 253 g/mol. The van der Waals surface area contributed by atoms with Crippen LogP contribution < -0.4 is 5.73 Å². The number of nitrogens with two attached hydrogens (primary N) is 1. The number of benzene rings is 1. The smallest absolute Gasteiger partial charge is 0.163 e. The van der Waals surface area contributed by atoms with Crippen molar-refractivity contribution in [2.24, 2.45) is 0 Å². The Morgan fingerprint density at radius 1 is 1.19 bits per heavy atom. The molecule has 3 nitrogen and oxygen atoms in total. The Morgan fingerprint density at radius 3 is 2.62 bits per heavy atom. The van der Waals surface area contributed by atoms with Crippen molar-refractivity contribution in [2.75, 3.05) is 5.73 Å². The lowest BCUT2D eigenvalue weighted by Crippen LogP contribution is -1.98. The van der Waals surface area contributed by atoms with Gasteiger partial charge >= 0.3 is 0 Å². The zero-order chi connectivity index (χ0) is 11.7. The Morgan fingerprint density at radius 2 is 1.94 bits per heavy atom. The number of halogens is 2. The molecule has 16 heavy (non-hydrogen) atoms. The summed E-state index contributed by atoms with van der Waals surface area (Å²) in [5.74, 6) is 0.906. The molecule has 1 aromatic carbocycles. The van der Waals surface area contributed by atoms with Gasteiger partial charge in [-0.05, 0) is 19.1 Å². The molecule has 2 aromatic rings. The summed E-state index contributed by atoms with van der Waals surface area (Å²) in [5, 5.41) is 0.914. The van der Waals surface area contributed by atoms with E-state index < -0.39 is 0 Å². The fourth-order valence-corrected chi connectivity index (χ4v) is 1.77. The number of aromatic nitrogens is 2. The Balaban J connectivity index is 2.63. The second-order valence-electron chi connectivity index (χ2n) is 3.36. The van der Waals surface area contributed by atoms with Crippen molar-refractivity contribution in [3.63, 3.8) is 0 Å². The molecule has 0 fully saturated rings. The molecule has 0 bridgehead atoms. The molecule has 0 spiro atoms. The summed E-state index contributed by atoms with van der Waals surface area (Å²) in [6.07, 6.45) is 0. The Labute approximate surface area is 103 Å². The molecule has 1 aromatic heterocycles. The minimum atomic E-state index is 0.415. The van der Waals surface area contributed by atoms with Gasteiger partial charge in [-0.2, -0.15) is 0 Å².